The third-order valence-electron chi connectivity index (χ3n) is 3.19. The molecule has 2 aromatic rings. The lowest BCUT2D eigenvalue weighted by Crippen LogP contribution is -2.36. The van der Waals surface area contributed by atoms with Crippen molar-refractivity contribution in [3.8, 4) is 5.75 Å². The number of amides is 2. The Balaban J connectivity index is 1.87. The number of para-hydroxylation sites is 2. The van der Waals surface area contributed by atoms with E-state index in [0.29, 0.717) is 6.42 Å². The summed E-state index contributed by atoms with van der Waals surface area (Å²) in [6, 6.07) is 12.0. The summed E-state index contributed by atoms with van der Waals surface area (Å²) in [5.74, 6) is -1.71. The van der Waals surface area contributed by atoms with Crippen molar-refractivity contribution in [2.24, 2.45) is 0 Å². The van der Waals surface area contributed by atoms with Crippen LogP contribution in [0.5, 0.6) is 5.75 Å². The lowest BCUT2D eigenvalue weighted by molar-refractivity contribution is -0.383. The van der Waals surface area contributed by atoms with Gasteiger partial charge in [-0.2, -0.15) is 0 Å². The SMILES string of the molecule is O=C(NCCc1ccc(O)cc1)C(=O)Nc1ccccc1[N+](=O)[O-]. The van der Waals surface area contributed by atoms with Crippen LogP contribution in [0, 0.1) is 10.1 Å². The van der Waals surface area contributed by atoms with Crippen molar-refractivity contribution in [3.63, 3.8) is 0 Å². The van der Waals surface area contributed by atoms with Crippen molar-refractivity contribution in [1.82, 2.24) is 5.32 Å². The smallest absolute Gasteiger partial charge is 0.313 e. The maximum absolute atomic E-state index is 11.8. The van der Waals surface area contributed by atoms with Gasteiger partial charge in [0.2, 0.25) is 0 Å². The fourth-order valence-electron chi connectivity index (χ4n) is 1.98. The first kappa shape index (κ1) is 16.9. The van der Waals surface area contributed by atoms with E-state index >= 15 is 0 Å². The zero-order valence-electron chi connectivity index (χ0n) is 12.6. The van der Waals surface area contributed by atoms with Gasteiger partial charge in [-0.1, -0.05) is 24.3 Å². The highest BCUT2D eigenvalue weighted by Crippen LogP contribution is 2.22. The first-order chi connectivity index (χ1) is 11.5. The molecule has 0 bridgehead atoms. The van der Waals surface area contributed by atoms with Crippen LogP contribution in [-0.4, -0.2) is 28.4 Å². The molecular formula is C16H15N3O5. The Morgan fingerprint density at radius 2 is 1.71 bits per heavy atom. The van der Waals surface area contributed by atoms with E-state index in [0.717, 1.165) is 5.56 Å². The minimum absolute atomic E-state index is 0.0406. The van der Waals surface area contributed by atoms with Crippen LogP contribution < -0.4 is 10.6 Å². The van der Waals surface area contributed by atoms with Gasteiger partial charge in [-0.15, -0.1) is 0 Å². The van der Waals surface area contributed by atoms with Crippen LogP contribution in [0.1, 0.15) is 5.56 Å². The molecule has 0 aliphatic rings. The van der Waals surface area contributed by atoms with Gasteiger partial charge in [-0.3, -0.25) is 19.7 Å². The molecule has 0 aliphatic carbocycles. The number of nitro groups is 1. The summed E-state index contributed by atoms with van der Waals surface area (Å²) in [6.45, 7) is 0.216. The number of aromatic hydroxyl groups is 1. The highest BCUT2D eigenvalue weighted by molar-refractivity contribution is 6.39. The minimum Gasteiger partial charge on any atom is -0.508 e. The third-order valence-corrected chi connectivity index (χ3v) is 3.19. The van der Waals surface area contributed by atoms with Crippen LogP contribution in [0.2, 0.25) is 0 Å². The third kappa shape index (κ3) is 4.54. The maximum atomic E-state index is 11.8. The molecule has 2 amide bonds. The maximum Gasteiger partial charge on any atom is 0.313 e. The van der Waals surface area contributed by atoms with Gasteiger partial charge in [0.05, 0.1) is 4.92 Å². The molecule has 0 aliphatic heterocycles. The summed E-state index contributed by atoms with van der Waals surface area (Å²) >= 11 is 0. The molecule has 0 aromatic heterocycles. The predicted molar refractivity (Wildman–Crippen MR) is 86.5 cm³/mol. The quantitative estimate of drug-likeness (QED) is 0.437. The molecule has 24 heavy (non-hydrogen) atoms. The molecule has 8 nitrogen and oxygen atoms in total. The topological polar surface area (TPSA) is 122 Å². The van der Waals surface area contributed by atoms with Gasteiger partial charge in [0.25, 0.3) is 5.69 Å². The molecule has 0 atom stereocenters. The summed E-state index contributed by atoms with van der Waals surface area (Å²) in [5, 5.41) is 24.7. The monoisotopic (exact) mass is 329 g/mol. The summed E-state index contributed by atoms with van der Waals surface area (Å²) in [7, 11) is 0. The fraction of sp³-hybridized carbons (Fsp3) is 0.125. The second kappa shape index (κ2) is 7.73. The first-order valence-electron chi connectivity index (χ1n) is 7.08. The van der Waals surface area contributed by atoms with E-state index in [-0.39, 0.29) is 23.7 Å². The molecular weight excluding hydrogens is 314 g/mol. The normalized spacial score (nSPS) is 10.0. The van der Waals surface area contributed by atoms with E-state index in [2.05, 4.69) is 10.6 Å². The zero-order chi connectivity index (χ0) is 17.5. The second-order valence-electron chi connectivity index (χ2n) is 4.90. The molecule has 0 radical (unpaired) electrons. The van der Waals surface area contributed by atoms with Gasteiger partial charge in [-0.25, -0.2) is 0 Å². The van der Waals surface area contributed by atoms with Gasteiger partial charge >= 0.3 is 11.8 Å². The van der Waals surface area contributed by atoms with Gasteiger partial charge in [0.1, 0.15) is 11.4 Å². The Hall–Kier alpha value is -3.42. The number of phenolic OH excluding ortho intramolecular Hbond substituents is 1. The number of benzene rings is 2. The van der Waals surface area contributed by atoms with Crippen LogP contribution in [0.4, 0.5) is 11.4 Å². The first-order valence-corrected chi connectivity index (χ1v) is 7.08. The van der Waals surface area contributed by atoms with E-state index in [1.807, 2.05) is 0 Å². The Bertz CT molecular complexity index is 759. The van der Waals surface area contributed by atoms with Crippen molar-refractivity contribution in [3.05, 3.63) is 64.2 Å². The summed E-state index contributed by atoms with van der Waals surface area (Å²) < 4.78 is 0. The molecule has 0 unspecified atom stereocenters. The number of carbonyl (C=O) groups excluding carboxylic acids is 2. The summed E-state index contributed by atoms with van der Waals surface area (Å²) in [4.78, 5) is 33.8. The Labute approximate surface area is 137 Å². The van der Waals surface area contributed by atoms with Crippen LogP contribution in [-0.2, 0) is 16.0 Å². The summed E-state index contributed by atoms with van der Waals surface area (Å²) in [5.41, 5.74) is 0.552. The number of hydrogen-bond donors (Lipinski definition) is 3. The van der Waals surface area contributed by atoms with E-state index < -0.39 is 16.7 Å². The molecule has 2 aromatic carbocycles. The molecule has 2 rings (SSSR count). The van der Waals surface area contributed by atoms with Crippen molar-refractivity contribution in [1.29, 1.82) is 0 Å². The van der Waals surface area contributed by atoms with Gasteiger partial charge in [0, 0.05) is 12.6 Å². The number of carbonyl (C=O) groups is 2. The zero-order valence-corrected chi connectivity index (χ0v) is 12.6. The van der Waals surface area contributed by atoms with Crippen LogP contribution in [0.15, 0.2) is 48.5 Å². The number of nitrogens with one attached hydrogen (secondary N) is 2. The minimum atomic E-state index is -0.977. The van der Waals surface area contributed by atoms with E-state index in [1.165, 1.54) is 36.4 Å². The fourth-order valence-corrected chi connectivity index (χ4v) is 1.98. The van der Waals surface area contributed by atoms with Crippen molar-refractivity contribution in [2.45, 2.75) is 6.42 Å². The number of hydrogen-bond acceptors (Lipinski definition) is 5. The summed E-state index contributed by atoms with van der Waals surface area (Å²) in [6.07, 6.45) is 0.477. The average Bonchev–Trinajstić information content (AvgIpc) is 2.56. The van der Waals surface area contributed by atoms with E-state index in [4.69, 9.17) is 0 Å². The van der Waals surface area contributed by atoms with Crippen molar-refractivity contribution < 1.29 is 19.6 Å². The molecule has 0 heterocycles. The highest BCUT2D eigenvalue weighted by atomic mass is 16.6. The Kier molecular flexibility index (Phi) is 5.45. The molecule has 124 valence electrons. The van der Waals surface area contributed by atoms with Gasteiger partial charge < -0.3 is 15.7 Å². The molecule has 0 saturated carbocycles. The number of nitrogens with zero attached hydrogens (tertiary/aromatic N) is 1. The van der Waals surface area contributed by atoms with Gasteiger partial charge in [-0.05, 0) is 30.2 Å². The number of anilines is 1. The van der Waals surface area contributed by atoms with E-state index in [9.17, 15) is 24.8 Å². The van der Waals surface area contributed by atoms with E-state index in [1.54, 1.807) is 12.1 Å². The second-order valence-corrected chi connectivity index (χ2v) is 4.90. The largest absolute Gasteiger partial charge is 0.508 e. The van der Waals surface area contributed by atoms with Crippen molar-refractivity contribution in [2.75, 3.05) is 11.9 Å². The Morgan fingerprint density at radius 1 is 1.04 bits per heavy atom. The van der Waals surface area contributed by atoms with Crippen LogP contribution >= 0.6 is 0 Å². The Morgan fingerprint density at radius 3 is 2.38 bits per heavy atom. The molecule has 0 saturated heterocycles. The number of phenols is 1. The lowest BCUT2D eigenvalue weighted by atomic mass is 10.1. The molecule has 0 fully saturated rings. The number of nitro benzene ring substituents is 1. The van der Waals surface area contributed by atoms with Crippen LogP contribution in [0.3, 0.4) is 0 Å². The highest BCUT2D eigenvalue weighted by Gasteiger charge is 2.19. The number of rotatable bonds is 5. The standard InChI is InChI=1S/C16H15N3O5/c20-12-7-5-11(6-8-12)9-10-17-15(21)16(22)18-13-3-1-2-4-14(13)19(23)24/h1-8,20H,9-10H2,(H,17,21)(H,18,22). The molecule has 8 heteroatoms. The molecule has 0 spiro atoms. The van der Waals surface area contributed by atoms with Gasteiger partial charge in [0.15, 0.2) is 0 Å². The van der Waals surface area contributed by atoms with Crippen molar-refractivity contribution >= 4 is 23.2 Å². The van der Waals surface area contributed by atoms with Crippen LogP contribution in [0.25, 0.3) is 0 Å². The lowest BCUT2D eigenvalue weighted by Gasteiger charge is -2.07. The molecule has 3 N–H and O–H groups in total. The predicted octanol–water partition coefficient (Wildman–Crippen LogP) is 1.60. The average molecular weight is 329 g/mol.